The molecule has 2 amide bonds. The number of rotatable bonds is 4. The van der Waals surface area contributed by atoms with Crippen LogP contribution in [0.3, 0.4) is 0 Å². The van der Waals surface area contributed by atoms with E-state index >= 15 is 0 Å². The fourth-order valence-electron chi connectivity index (χ4n) is 2.13. The second-order valence-corrected chi connectivity index (χ2v) is 8.48. The van der Waals surface area contributed by atoms with E-state index in [1.165, 1.54) is 12.8 Å². The van der Waals surface area contributed by atoms with Crippen LogP contribution in [0.25, 0.3) is 0 Å². The van der Waals surface area contributed by atoms with Crippen LogP contribution in [0, 0.1) is 5.92 Å². The number of amides is 2. The van der Waals surface area contributed by atoms with Crippen LogP contribution in [-0.4, -0.2) is 33.4 Å². The standard InChI is InChI=1S/C18H28N2O5/c1-17(2,3)23-15(21)20(16(22)24-18(4,5)6)11-13-10-14(25-19-13)9-12-7-8-12/h10,12H,7-9,11H2,1-6H3. The number of nitrogens with zero attached hydrogens (tertiary/aromatic N) is 2. The Labute approximate surface area is 148 Å². The van der Waals surface area contributed by atoms with Crippen molar-refractivity contribution in [1.82, 2.24) is 10.1 Å². The minimum absolute atomic E-state index is 0.0575. The molecular weight excluding hydrogens is 324 g/mol. The summed E-state index contributed by atoms with van der Waals surface area (Å²) >= 11 is 0. The summed E-state index contributed by atoms with van der Waals surface area (Å²) in [6.45, 7) is 10.4. The van der Waals surface area contributed by atoms with Crippen LogP contribution in [0.1, 0.15) is 65.8 Å². The maximum absolute atomic E-state index is 12.4. The molecule has 0 saturated heterocycles. The second-order valence-electron chi connectivity index (χ2n) is 8.48. The third kappa shape index (κ3) is 6.76. The van der Waals surface area contributed by atoms with E-state index in [9.17, 15) is 9.59 Å². The van der Waals surface area contributed by atoms with Crippen LogP contribution < -0.4 is 0 Å². The van der Waals surface area contributed by atoms with E-state index < -0.39 is 23.4 Å². The van der Waals surface area contributed by atoms with Gasteiger partial charge in [-0.15, -0.1) is 0 Å². The number of carbonyl (C=O) groups excluding carboxylic acids is 2. The molecule has 0 N–H and O–H groups in total. The Morgan fingerprint density at radius 3 is 2.08 bits per heavy atom. The number of hydrogen-bond acceptors (Lipinski definition) is 6. The third-order valence-electron chi connectivity index (χ3n) is 3.34. The van der Waals surface area contributed by atoms with E-state index in [2.05, 4.69) is 5.16 Å². The van der Waals surface area contributed by atoms with Gasteiger partial charge in [-0.2, -0.15) is 0 Å². The van der Waals surface area contributed by atoms with Gasteiger partial charge in [-0.1, -0.05) is 5.16 Å². The van der Waals surface area contributed by atoms with Crippen LogP contribution in [0.4, 0.5) is 9.59 Å². The molecule has 1 aromatic rings. The van der Waals surface area contributed by atoms with Gasteiger partial charge in [0.25, 0.3) is 0 Å². The highest BCUT2D eigenvalue weighted by atomic mass is 16.6. The predicted molar refractivity (Wildman–Crippen MR) is 90.9 cm³/mol. The number of ether oxygens (including phenoxy) is 2. The summed E-state index contributed by atoms with van der Waals surface area (Å²) in [7, 11) is 0. The summed E-state index contributed by atoms with van der Waals surface area (Å²) in [6, 6.07) is 1.78. The molecular formula is C18H28N2O5. The highest BCUT2D eigenvalue weighted by Gasteiger charge is 2.32. The molecule has 1 heterocycles. The fourth-order valence-corrected chi connectivity index (χ4v) is 2.13. The highest BCUT2D eigenvalue weighted by molar-refractivity contribution is 5.88. The molecule has 0 spiro atoms. The van der Waals surface area contributed by atoms with E-state index in [4.69, 9.17) is 14.0 Å². The summed E-state index contributed by atoms with van der Waals surface area (Å²) in [5.41, 5.74) is -0.955. The van der Waals surface area contributed by atoms with Crippen LogP contribution >= 0.6 is 0 Å². The third-order valence-corrected chi connectivity index (χ3v) is 3.34. The van der Waals surface area contributed by atoms with Gasteiger partial charge >= 0.3 is 12.2 Å². The lowest BCUT2D eigenvalue weighted by molar-refractivity contribution is -0.000598. The number of imide groups is 1. The van der Waals surface area contributed by atoms with Gasteiger partial charge in [-0.05, 0) is 60.3 Å². The molecule has 7 heteroatoms. The normalized spacial score (nSPS) is 15.0. The molecule has 1 fully saturated rings. The van der Waals surface area contributed by atoms with Gasteiger partial charge in [-0.25, -0.2) is 14.5 Å². The lowest BCUT2D eigenvalue weighted by Gasteiger charge is -2.28. The Hall–Kier alpha value is -2.05. The molecule has 1 aliphatic carbocycles. The lowest BCUT2D eigenvalue weighted by Crippen LogP contribution is -2.43. The van der Waals surface area contributed by atoms with Gasteiger partial charge in [0.2, 0.25) is 0 Å². The van der Waals surface area contributed by atoms with E-state index in [1.54, 1.807) is 47.6 Å². The molecule has 0 radical (unpaired) electrons. The molecule has 7 nitrogen and oxygen atoms in total. The van der Waals surface area contributed by atoms with Gasteiger partial charge in [-0.3, -0.25) is 0 Å². The molecule has 0 atom stereocenters. The lowest BCUT2D eigenvalue weighted by atomic mass is 10.2. The van der Waals surface area contributed by atoms with Crippen LogP contribution in [0.5, 0.6) is 0 Å². The maximum atomic E-state index is 12.4. The topological polar surface area (TPSA) is 81.9 Å². The molecule has 25 heavy (non-hydrogen) atoms. The Morgan fingerprint density at radius 1 is 1.12 bits per heavy atom. The molecule has 0 aromatic carbocycles. The van der Waals surface area contributed by atoms with E-state index in [1.807, 2.05) is 0 Å². The largest absolute Gasteiger partial charge is 0.443 e. The summed E-state index contributed by atoms with van der Waals surface area (Å²) < 4.78 is 15.9. The molecule has 0 bridgehead atoms. The first-order valence-corrected chi connectivity index (χ1v) is 8.61. The van der Waals surface area contributed by atoms with E-state index in [0.29, 0.717) is 11.6 Å². The molecule has 1 aromatic heterocycles. The summed E-state index contributed by atoms with van der Waals surface area (Å²) in [5.74, 6) is 1.43. The Morgan fingerprint density at radius 2 is 1.64 bits per heavy atom. The molecule has 0 aliphatic heterocycles. The number of hydrogen-bond donors (Lipinski definition) is 0. The summed E-state index contributed by atoms with van der Waals surface area (Å²) in [4.78, 5) is 25.8. The summed E-state index contributed by atoms with van der Waals surface area (Å²) in [5, 5.41) is 3.96. The van der Waals surface area contributed by atoms with Crippen molar-refractivity contribution in [2.75, 3.05) is 0 Å². The molecule has 2 rings (SSSR count). The molecule has 1 aliphatic rings. The first-order chi connectivity index (χ1) is 11.4. The Kier molecular flexibility index (Phi) is 5.44. The first kappa shape index (κ1) is 19.3. The van der Waals surface area contributed by atoms with Crippen molar-refractivity contribution in [3.63, 3.8) is 0 Å². The minimum atomic E-state index is -0.770. The van der Waals surface area contributed by atoms with Crippen molar-refractivity contribution < 1.29 is 23.6 Å². The molecule has 0 unspecified atom stereocenters. The fraction of sp³-hybridized carbons (Fsp3) is 0.722. The van der Waals surface area contributed by atoms with E-state index in [0.717, 1.165) is 17.1 Å². The van der Waals surface area contributed by atoms with Gasteiger partial charge in [0.1, 0.15) is 22.7 Å². The average molecular weight is 352 g/mol. The maximum Gasteiger partial charge on any atom is 0.420 e. The smallest absolute Gasteiger partial charge is 0.420 e. The highest BCUT2D eigenvalue weighted by Crippen LogP contribution is 2.32. The Balaban J connectivity index is 2.10. The van der Waals surface area contributed by atoms with Gasteiger partial charge in [0.15, 0.2) is 0 Å². The number of carbonyl (C=O) groups is 2. The van der Waals surface area contributed by atoms with Crippen molar-refractivity contribution in [1.29, 1.82) is 0 Å². The quantitative estimate of drug-likeness (QED) is 0.803. The van der Waals surface area contributed by atoms with Crippen molar-refractivity contribution in [2.24, 2.45) is 5.92 Å². The van der Waals surface area contributed by atoms with Crippen LogP contribution in [-0.2, 0) is 22.4 Å². The van der Waals surface area contributed by atoms with E-state index in [-0.39, 0.29) is 6.54 Å². The predicted octanol–water partition coefficient (Wildman–Crippen LogP) is 4.30. The zero-order chi connectivity index (χ0) is 18.8. The molecule has 140 valence electrons. The second kappa shape index (κ2) is 7.06. The van der Waals surface area contributed by atoms with Crippen molar-refractivity contribution in [3.8, 4) is 0 Å². The van der Waals surface area contributed by atoms with Crippen LogP contribution in [0.15, 0.2) is 10.6 Å². The first-order valence-electron chi connectivity index (χ1n) is 8.61. The summed E-state index contributed by atoms with van der Waals surface area (Å²) in [6.07, 6.45) is 1.71. The van der Waals surface area contributed by atoms with Gasteiger partial charge in [0, 0.05) is 12.5 Å². The molecule has 1 saturated carbocycles. The monoisotopic (exact) mass is 352 g/mol. The van der Waals surface area contributed by atoms with Gasteiger partial charge < -0.3 is 14.0 Å². The van der Waals surface area contributed by atoms with Crippen molar-refractivity contribution >= 4 is 12.2 Å². The minimum Gasteiger partial charge on any atom is -0.443 e. The average Bonchev–Trinajstić information content (AvgIpc) is 3.09. The van der Waals surface area contributed by atoms with Gasteiger partial charge in [0.05, 0.1) is 6.54 Å². The van der Waals surface area contributed by atoms with Crippen molar-refractivity contribution in [3.05, 3.63) is 17.5 Å². The Bertz CT molecular complexity index is 592. The zero-order valence-corrected chi connectivity index (χ0v) is 15.9. The zero-order valence-electron chi connectivity index (χ0n) is 15.9. The number of aromatic nitrogens is 1. The van der Waals surface area contributed by atoms with Crippen LogP contribution in [0.2, 0.25) is 0 Å². The SMILES string of the molecule is CC(C)(C)OC(=O)N(Cc1cc(CC2CC2)on1)C(=O)OC(C)(C)C. The van der Waals surface area contributed by atoms with Crippen molar-refractivity contribution in [2.45, 2.75) is 78.6 Å².